The second-order valence-corrected chi connectivity index (χ2v) is 14.3. The molecule has 0 fully saturated rings. The molecule has 0 N–H and O–H groups in total. The maximum absolute atomic E-state index is 12.7. The first-order chi connectivity index (χ1) is 26.0. The van der Waals surface area contributed by atoms with Gasteiger partial charge in [0.25, 0.3) is 0 Å². The lowest BCUT2D eigenvalue weighted by molar-refractivity contribution is -0.167. The molecule has 0 saturated heterocycles. The van der Waals surface area contributed by atoms with Crippen LogP contribution in [-0.2, 0) is 28.6 Å². The summed E-state index contributed by atoms with van der Waals surface area (Å²) in [6, 6.07) is 0. The molecule has 1 unspecified atom stereocenters. The van der Waals surface area contributed by atoms with Crippen molar-refractivity contribution in [3.63, 3.8) is 0 Å². The van der Waals surface area contributed by atoms with E-state index < -0.39 is 6.10 Å². The second-order valence-electron chi connectivity index (χ2n) is 14.3. The summed E-state index contributed by atoms with van der Waals surface area (Å²) in [7, 11) is 0. The normalized spacial score (nSPS) is 12.6. The van der Waals surface area contributed by atoms with Crippen LogP contribution in [0, 0.1) is 0 Å². The van der Waals surface area contributed by atoms with Crippen molar-refractivity contribution >= 4 is 17.9 Å². The molecule has 0 saturated carbocycles. The number of rotatable bonds is 38. The van der Waals surface area contributed by atoms with Crippen LogP contribution in [0.4, 0.5) is 0 Å². The molecule has 0 aliphatic carbocycles. The van der Waals surface area contributed by atoms with Crippen molar-refractivity contribution < 1.29 is 28.6 Å². The Morgan fingerprint density at radius 3 is 1.30 bits per heavy atom. The standard InChI is InChI=1S/C47H80O6/c1-4-7-10-13-16-19-21-22-23-24-26-28-31-34-37-40-46(49)52-43-44(42-51-45(48)39-36-33-30-27-18-15-12-9-6-3)53-47(50)41-38-35-32-29-25-20-17-14-11-8-5-2/h7,10,13,16,19,21-23,27,30,44H,4-6,8-9,11-12,14-15,17-18,20,24-26,28-29,31-43H2,1-3H3/b10-7-,16-13-,21-19-,23-22-,30-27-. The van der Waals surface area contributed by atoms with Crippen molar-refractivity contribution in [1.82, 2.24) is 0 Å². The zero-order valence-corrected chi connectivity index (χ0v) is 34.5. The van der Waals surface area contributed by atoms with Gasteiger partial charge < -0.3 is 14.2 Å². The molecule has 1 atom stereocenters. The quantitative estimate of drug-likeness (QED) is 0.0206. The minimum absolute atomic E-state index is 0.0944. The van der Waals surface area contributed by atoms with Crippen LogP contribution in [0.1, 0.15) is 201 Å². The SMILES string of the molecule is CC\C=C/C=C\C=C/C=C\CCCCCCCC(=O)OCC(COC(=O)CCC/C=C\CCCCCC)OC(=O)CCCCCCCCCCCCC. The molecule has 0 aromatic rings. The highest BCUT2D eigenvalue weighted by Gasteiger charge is 2.19. The van der Waals surface area contributed by atoms with E-state index in [-0.39, 0.29) is 31.1 Å². The van der Waals surface area contributed by atoms with Gasteiger partial charge in [-0.2, -0.15) is 0 Å². The molecule has 0 bridgehead atoms. The first-order valence-electron chi connectivity index (χ1n) is 21.8. The van der Waals surface area contributed by atoms with E-state index in [9.17, 15) is 14.4 Å². The van der Waals surface area contributed by atoms with Crippen LogP contribution in [0.5, 0.6) is 0 Å². The van der Waals surface area contributed by atoms with Crippen LogP contribution < -0.4 is 0 Å². The lowest BCUT2D eigenvalue weighted by Crippen LogP contribution is -2.30. The van der Waals surface area contributed by atoms with Crippen molar-refractivity contribution in [2.75, 3.05) is 13.2 Å². The molecule has 6 nitrogen and oxygen atoms in total. The smallest absolute Gasteiger partial charge is 0.306 e. The van der Waals surface area contributed by atoms with Crippen molar-refractivity contribution in [1.29, 1.82) is 0 Å². The number of esters is 3. The molecule has 0 aliphatic heterocycles. The Balaban J connectivity index is 4.42. The molecule has 0 radical (unpaired) electrons. The fraction of sp³-hybridized carbons (Fsp3) is 0.723. The Morgan fingerprint density at radius 2 is 0.774 bits per heavy atom. The van der Waals surface area contributed by atoms with Gasteiger partial charge in [0.05, 0.1) is 0 Å². The predicted octanol–water partition coefficient (Wildman–Crippen LogP) is 13.7. The second kappa shape index (κ2) is 41.9. The summed E-state index contributed by atoms with van der Waals surface area (Å²) in [4.78, 5) is 37.6. The van der Waals surface area contributed by atoms with E-state index in [0.29, 0.717) is 25.7 Å². The minimum atomic E-state index is -0.789. The van der Waals surface area contributed by atoms with Crippen LogP contribution in [0.2, 0.25) is 0 Å². The first kappa shape index (κ1) is 50.1. The predicted molar refractivity (Wildman–Crippen MR) is 224 cm³/mol. The number of hydrogen-bond donors (Lipinski definition) is 0. The van der Waals surface area contributed by atoms with Crippen molar-refractivity contribution in [3.8, 4) is 0 Å². The number of carbonyl (C=O) groups excluding carboxylic acids is 3. The number of allylic oxidation sites excluding steroid dienone is 10. The number of unbranched alkanes of at least 4 members (excludes halogenated alkanes) is 20. The summed E-state index contributed by atoms with van der Waals surface area (Å²) in [5.41, 5.74) is 0. The van der Waals surface area contributed by atoms with Crippen LogP contribution >= 0.6 is 0 Å². The van der Waals surface area contributed by atoms with Gasteiger partial charge in [-0.15, -0.1) is 0 Å². The maximum atomic E-state index is 12.7. The number of hydrogen-bond acceptors (Lipinski definition) is 6. The first-order valence-corrected chi connectivity index (χ1v) is 21.8. The van der Waals surface area contributed by atoms with Gasteiger partial charge >= 0.3 is 17.9 Å². The highest BCUT2D eigenvalue weighted by Crippen LogP contribution is 2.14. The van der Waals surface area contributed by atoms with Crippen molar-refractivity contribution in [2.24, 2.45) is 0 Å². The Hall–Kier alpha value is -2.89. The third kappa shape index (κ3) is 40.1. The van der Waals surface area contributed by atoms with Crippen molar-refractivity contribution in [3.05, 3.63) is 60.8 Å². The average molecular weight is 741 g/mol. The highest BCUT2D eigenvalue weighted by molar-refractivity contribution is 5.71. The highest BCUT2D eigenvalue weighted by atomic mass is 16.6. The Kier molecular flexibility index (Phi) is 39.6. The third-order valence-corrected chi connectivity index (χ3v) is 9.10. The monoisotopic (exact) mass is 741 g/mol. The van der Waals surface area contributed by atoms with E-state index in [2.05, 4.69) is 57.2 Å². The molecule has 0 aromatic carbocycles. The Labute approximate surface area is 326 Å². The van der Waals surface area contributed by atoms with E-state index in [4.69, 9.17) is 14.2 Å². The number of ether oxygens (including phenoxy) is 3. The molecule has 53 heavy (non-hydrogen) atoms. The summed E-state index contributed by atoms with van der Waals surface area (Å²) in [6.45, 7) is 6.39. The van der Waals surface area contributed by atoms with E-state index in [1.54, 1.807) is 0 Å². The van der Waals surface area contributed by atoms with Crippen LogP contribution in [0.15, 0.2) is 60.8 Å². The molecule has 0 aliphatic rings. The molecule has 6 heteroatoms. The summed E-state index contributed by atoms with van der Waals surface area (Å²) < 4.78 is 16.6. The average Bonchev–Trinajstić information content (AvgIpc) is 3.15. The van der Waals surface area contributed by atoms with Gasteiger partial charge in [-0.1, -0.05) is 184 Å². The largest absolute Gasteiger partial charge is 0.462 e. The van der Waals surface area contributed by atoms with Gasteiger partial charge in [0.2, 0.25) is 0 Å². The molecule has 0 rings (SSSR count). The maximum Gasteiger partial charge on any atom is 0.306 e. The van der Waals surface area contributed by atoms with Crippen molar-refractivity contribution in [2.45, 2.75) is 207 Å². The Morgan fingerprint density at radius 1 is 0.396 bits per heavy atom. The molecule has 0 amide bonds. The summed E-state index contributed by atoms with van der Waals surface area (Å²) in [6.07, 6.45) is 49.2. The molecule has 0 aromatic heterocycles. The van der Waals surface area contributed by atoms with Gasteiger partial charge in [-0.05, 0) is 57.8 Å². The molecule has 0 spiro atoms. The zero-order chi connectivity index (χ0) is 38.7. The molecular weight excluding hydrogens is 661 g/mol. The third-order valence-electron chi connectivity index (χ3n) is 9.10. The van der Waals surface area contributed by atoms with Crippen LogP contribution in [-0.4, -0.2) is 37.2 Å². The van der Waals surface area contributed by atoms with Gasteiger partial charge in [0, 0.05) is 19.3 Å². The summed E-state index contributed by atoms with van der Waals surface area (Å²) >= 11 is 0. The molecule has 304 valence electrons. The number of carbonyl (C=O) groups is 3. The molecule has 0 heterocycles. The lowest BCUT2D eigenvalue weighted by Gasteiger charge is -2.18. The van der Waals surface area contributed by atoms with Crippen LogP contribution in [0.3, 0.4) is 0 Å². The van der Waals surface area contributed by atoms with Gasteiger partial charge in [-0.25, -0.2) is 0 Å². The fourth-order valence-corrected chi connectivity index (χ4v) is 5.81. The minimum Gasteiger partial charge on any atom is -0.462 e. The zero-order valence-electron chi connectivity index (χ0n) is 34.5. The van der Waals surface area contributed by atoms with E-state index in [1.807, 2.05) is 24.3 Å². The lowest BCUT2D eigenvalue weighted by atomic mass is 10.1. The molecular formula is C47H80O6. The van der Waals surface area contributed by atoms with Gasteiger partial charge in [0.15, 0.2) is 6.10 Å². The summed E-state index contributed by atoms with van der Waals surface area (Å²) in [5, 5.41) is 0. The topological polar surface area (TPSA) is 78.9 Å². The van der Waals surface area contributed by atoms with E-state index >= 15 is 0 Å². The van der Waals surface area contributed by atoms with E-state index in [1.165, 1.54) is 77.0 Å². The van der Waals surface area contributed by atoms with Gasteiger partial charge in [0.1, 0.15) is 13.2 Å². The van der Waals surface area contributed by atoms with E-state index in [0.717, 1.165) is 77.0 Å². The fourth-order valence-electron chi connectivity index (χ4n) is 5.81. The van der Waals surface area contributed by atoms with Crippen LogP contribution in [0.25, 0.3) is 0 Å². The summed E-state index contributed by atoms with van der Waals surface area (Å²) in [5.74, 6) is -0.957. The Bertz CT molecular complexity index is 991. The van der Waals surface area contributed by atoms with Gasteiger partial charge in [-0.3, -0.25) is 14.4 Å².